The van der Waals surface area contributed by atoms with Gasteiger partial charge in [0, 0.05) is 6.61 Å². The normalized spacial score (nSPS) is 11.2. The van der Waals surface area contributed by atoms with Crippen LogP contribution in [0.4, 0.5) is 0 Å². The van der Waals surface area contributed by atoms with Crippen LogP contribution >= 0.6 is 0 Å². The Bertz CT molecular complexity index is 474. The van der Waals surface area contributed by atoms with E-state index in [1.165, 1.54) is 0 Å². The summed E-state index contributed by atoms with van der Waals surface area (Å²) in [4.78, 5) is 0. The van der Waals surface area contributed by atoms with Gasteiger partial charge in [0.25, 0.3) is 0 Å². The number of nitrogens with zero attached hydrogens (tertiary/aromatic N) is 1. The van der Waals surface area contributed by atoms with Crippen molar-refractivity contribution in [2.45, 2.75) is 26.7 Å². The lowest BCUT2D eigenvalue weighted by Gasteiger charge is -2.06. The summed E-state index contributed by atoms with van der Waals surface area (Å²) in [5.41, 5.74) is 2.73. The maximum Gasteiger partial charge on any atom is 0.111 e. The maximum absolute atomic E-state index is 8.76. The molecule has 0 aliphatic rings. The van der Waals surface area contributed by atoms with E-state index >= 15 is 0 Å². The summed E-state index contributed by atoms with van der Waals surface area (Å²) in [7, 11) is 0. The van der Waals surface area contributed by atoms with Crippen LogP contribution < -0.4 is 0 Å². The molecule has 0 fully saturated rings. The first-order valence-electron chi connectivity index (χ1n) is 7.72. The highest BCUT2D eigenvalue weighted by molar-refractivity contribution is 5.63. The fraction of sp³-hybridized carbons (Fsp3) is 0.500. The minimum absolute atomic E-state index is 0.516. The molecule has 0 aliphatic carbocycles. The molecule has 0 atom stereocenters. The lowest BCUT2D eigenvalue weighted by atomic mass is 10.1. The molecule has 0 radical (unpaired) electrons. The summed E-state index contributed by atoms with van der Waals surface area (Å²) in [5.74, 6) is 0. The number of rotatable bonds is 11. The molecular weight excluding hydrogens is 278 g/mol. The smallest absolute Gasteiger partial charge is 0.111 e. The van der Waals surface area contributed by atoms with Gasteiger partial charge in [-0.25, -0.2) is 0 Å². The van der Waals surface area contributed by atoms with Gasteiger partial charge in [-0.2, -0.15) is 5.26 Å². The van der Waals surface area contributed by atoms with Crippen molar-refractivity contribution in [1.29, 1.82) is 5.26 Å². The Morgan fingerprint density at radius 3 is 2.32 bits per heavy atom. The van der Waals surface area contributed by atoms with Gasteiger partial charge >= 0.3 is 0 Å². The van der Waals surface area contributed by atoms with Crippen molar-refractivity contribution in [3.8, 4) is 6.07 Å². The third-order valence-corrected chi connectivity index (χ3v) is 3.09. The minimum atomic E-state index is 0.516. The zero-order valence-corrected chi connectivity index (χ0v) is 13.5. The first kappa shape index (κ1) is 18.2. The Kier molecular flexibility index (Phi) is 9.76. The van der Waals surface area contributed by atoms with E-state index < -0.39 is 0 Å². The summed E-state index contributed by atoms with van der Waals surface area (Å²) >= 11 is 0. The summed E-state index contributed by atoms with van der Waals surface area (Å²) in [6.45, 7) is 7.24. The molecular formula is C18H25NO3. The fourth-order valence-electron chi connectivity index (χ4n) is 1.74. The molecule has 0 heterocycles. The average Bonchev–Trinajstić information content (AvgIpc) is 2.56. The van der Waals surface area contributed by atoms with Gasteiger partial charge in [0.05, 0.1) is 37.7 Å². The Morgan fingerprint density at radius 1 is 1.05 bits per heavy atom. The molecule has 0 aliphatic heterocycles. The van der Waals surface area contributed by atoms with Gasteiger partial charge in [-0.1, -0.05) is 25.5 Å². The SMILES string of the molecule is CCCCOCCOCCO/C=C(/C)c1ccc(C#N)cc1. The average molecular weight is 303 g/mol. The molecule has 0 N–H and O–H groups in total. The fourth-order valence-corrected chi connectivity index (χ4v) is 1.74. The van der Waals surface area contributed by atoms with Crippen molar-refractivity contribution in [2.24, 2.45) is 0 Å². The number of nitriles is 1. The molecule has 1 aromatic rings. The number of ether oxygens (including phenoxy) is 3. The van der Waals surface area contributed by atoms with E-state index in [2.05, 4.69) is 13.0 Å². The minimum Gasteiger partial charge on any atom is -0.498 e. The van der Waals surface area contributed by atoms with Crippen LogP contribution in [0.25, 0.3) is 5.57 Å². The molecule has 120 valence electrons. The van der Waals surface area contributed by atoms with Gasteiger partial charge in [0.2, 0.25) is 0 Å². The maximum atomic E-state index is 8.76. The molecule has 22 heavy (non-hydrogen) atoms. The number of hydrogen-bond donors (Lipinski definition) is 0. The van der Waals surface area contributed by atoms with Gasteiger partial charge in [0.1, 0.15) is 6.61 Å². The Balaban J connectivity index is 2.10. The van der Waals surface area contributed by atoms with Crippen LogP contribution in [0, 0.1) is 11.3 Å². The highest BCUT2D eigenvalue weighted by Crippen LogP contribution is 2.14. The quantitative estimate of drug-likeness (QED) is 0.461. The lowest BCUT2D eigenvalue weighted by Crippen LogP contribution is -2.08. The predicted octanol–water partition coefficient (Wildman–Crippen LogP) is 3.77. The van der Waals surface area contributed by atoms with E-state index in [9.17, 15) is 0 Å². The van der Waals surface area contributed by atoms with Gasteiger partial charge in [-0.15, -0.1) is 0 Å². The molecule has 1 rings (SSSR count). The third-order valence-electron chi connectivity index (χ3n) is 3.09. The van der Waals surface area contributed by atoms with Crippen LogP contribution in [0.5, 0.6) is 0 Å². The van der Waals surface area contributed by atoms with Gasteiger partial charge < -0.3 is 14.2 Å². The second-order valence-corrected chi connectivity index (χ2v) is 4.94. The van der Waals surface area contributed by atoms with Gasteiger partial charge in [-0.05, 0) is 36.6 Å². The van der Waals surface area contributed by atoms with E-state index in [1.54, 1.807) is 18.4 Å². The Hall–Kier alpha value is -1.83. The first-order valence-corrected chi connectivity index (χ1v) is 7.72. The lowest BCUT2D eigenvalue weighted by molar-refractivity contribution is 0.0300. The molecule has 0 saturated carbocycles. The predicted molar refractivity (Wildman–Crippen MR) is 87.3 cm³/mol. The van der Waals surface area contributed by atoms with Crippen LogP contribution in [-0.2, 0) is 14.2 Å². The highest BCUT2D eigenvalue weighted by Gasteiger charge is 1.97. The van der Waals surface area contributed by atoms with E-state index in [0.29, 0.717) is 32.0 Å². The van der Waals surface area contributed by atoms with E-state index in [4.69, 9.17) is 19.5 Å². The molecule has 4 nitrogen and oxygen atoms in total. The molecule has 4 heteroatoms. The van der Waals surface area contributed by atoms with Crippen LogP contribution in [0.2, 0.25) is 0 Å². The van der Waals surface area contributed by atoms with Crippen LogP contribution in [0.15, 0.2) is 30.5 Å². The van der Waals surface area contributed by atoms with Crippen molar-refractivity contribution in [3.63, 3.8) is 0 Å². The standard InChI is InChI=1S/C18H25NO3/c1-3-4-9-20-10-11-21-12-13-22-15-16(2)18-7-5-17(14-19)6-8-18/h5-8,15H,3-4,9-13H2,1-2H3/b16-15-. The zero-order chi connectivity index (χ0) is 16.0. The monoisotopic (exact) mass is 303 g/mol. The second kappa shape index (κ2) is 11.8. The van der Waals surface area contributed by atoms with Crippen LogP contribution in [-0.4, -0.2) is 33.0 Å². The van der Waals surface area contributed by atoms with Gasteiger partial charge in [0.15, 0.2) is 0 Å². The Labute approximate surface area is 133 Å². The van der Waals surface area contributed by atoms with Crippen molar-refractivity contribution in [1.82, 2.24) is 0 Å². The first-order chi connectivity index (χ1) is 10.8. The summed E-state index contributed by atoms with van der Waals surface area (Å²) in [6, 6.07) is 9.53. The van der Waals surface area contributed by atoms with Crippen LogP contribution in [0.3, 0.4) is 0 Å². The summed E-state index contributed by atoms with van der Waals surface area (Å²) in [5, 5.41) is 8.76. The molecule has 0 aromatic heterocycles. The van der Waals surface area contributed by atoms with Crippen molar-refractivity contribution < 1.29 is 14.2 Å². The van der Waals surface area contributed by atoms with Crippen LogP contribution in [0.1, 0.15) is 37.8 Å². The largest absolute Gasteiger partial charge is 0.498 e. The summed E-state index contributed by atoms with van der Waals surface area (Å²) < 4.78 is 16.3. The van der Waals surface area contributed by atoms with Gasteiger partial charge in [-0.3, -0.25) is 0 Å². The van der Waals surface area contributed by atoms with Crippen molar-refractivity contribution in [2.75, 3.05) is 33.0 Å². The Morgan fingerprint density at radius 2 is 1.68 bits per heavy atom. The summed E-state index contributed by atoms with van der Waals surface area (Å²) in [6.07, 6.45) is 3.98. The number of unbranched alkanes of at least 4 members (excludes halogenated alkanes) is 1. The zero-order valence-electron chi connectivity index (χ0n) is 13.5. The molecule has 0 spiro atoms. The topological polar surface area (TPSA) is 51.5 Å². The molecule has 0 unspecified atom stereocenters. The number of benzene rings is 1. The molecule has 0 amide bonds. The molecule has 0 saturated heterocycles. The highest BCUT2D eigenvalue weighted by atomic mass is 16.5. The molecule has 1 aromatic carbocycles. The van der Waals surface area contributed by atoms with E-state index in [1.807, 2.05) is 19.1 Å². The van der Waals surface area contributed by atoms with Crippen molar-refractivity contribution in [3.05, 3.63) is 41.7 Å². The van der Waals surface area contributed by atoms with E-state index in [-0.39, 0.29) is 0 Å². The second-order valence-electron chi connectivity index (χ2n) is 4.94. The number of hydrogen-bond acceptors (Lipinski definition) is 4. The molecule has 0 bridgehead atoms. The van der Waals surface area contributed by atoms with Crippen molar-refractivity contribution >= 4 is 5.57 Å². The van der Waals surface area contributed by atoms with E-state index in [0.717, 1.165) is 30.6 Å². The number of allylic oxidation sites excluding steroid dienone is 1. The third kappa shape index (κ3) is 7.82.